The van der Waals surface area contributed by atoms with Crippen LogP contribution >= 0.6 is 7.82 Å². The maximum Gasteiger partial charge on any atom is 0.472 e. The van der Waals surface area contributed by atoms with Gasteiger partial charge in [0.25, 0.3) is 0 Å². The second-order valence-corrected chi connectivity index (χ2v) is 17.2. The largest absolute Gasteiger partial charge is 0.472 e. The highest BCUT2D eigenvalue weighted by molar-refractivity contribution is 7.47. The third-order valence-electron chi connectivity index (χ3n) is 10.1. The fourth-order valence-corrected chi connectivity index (χ4v) is 7.31. The first-order valence-corrected chi connectivity index (χ1v) is 24.8. The van der Waals surface area contributed by atoms with Crippen molar-refractivity contribution in [2.24, 2.45) is 0 Å². The first-order valence-electron chi connectivity index (χ1n) is 23.3. The molecule has 0 aliphatic heterocycles. The Morgan fingerprint density at radius 1 is 0.536 bits per heavy atom. The molecule has 0 aromatic carbocycles. The molecule has 3 unspecified atom stereocenters. The number of unbranched alkanes of at least 4 members (excludes halogenated alkanes) is 27. The molecule has 0 aliphatic rings. The maximum absolute atomic E-state index is 12.6. The van der Waals surface area contributed by atoms with Gasteiger partial charge in [-0.05, 0) is 64.2 Å². The lowest BCUT2D eigenvalue weighted by atomic mass is 10.1. The summed E-state index contributed by atoms with van der Waals surface area (Å²) in [5.74, 6) is -0.384. The van der Waals surface area contributed by atoms with E-state index in [1.165, 1.54) is 154 Å². The first-order chi connectivity index (χ1) is 27.3. The number of allylic oxidation sites excluding steroid dienone is 4. The number of rotatable bonds is 45. The molecule has 0 aromatic heterocycles. The van der Waals surface area contributed by atoms with Gasteiger partial charge in [-0.2, -0.15) is 0 Å². The van der Waals surface area contributed by atoms with Gasteiger partial charge < -0.3 is 24.6 Å². The van der Waals surface area contributed by atoms with Crippen LogP contribution in [0, 0.1) is 0 Å². The molecule has 0 amide bonds. The summed E-state index contributed by atoms with van der Waals surface area (Å²) in [6.45, 7) is 3.53. The fourth-order valence-electron chi connectivity index (χ4n) is 6.52. The van der Waals surface area contributed by atoms with Gasteiger partial charge >= 0.3 is 13.8 Å². The summed E-state index contributed by atoms with van der Waals surface area (Å²) in [6.07, 6.45) is 45.6. The number of carbonyl (C=O) groups excluding carboxylic acids is 1. The highest BCUT2D eigenvalue weighted by atomic mass is 31.2. The van der Waals surface area contributed by atoms with E-state index in [9.17, 15) is 19.4 Å². The van der Waals surface area contributed by atoms with Crippen LogP contribution < -0.4 is 0 Å². The molecule has 9 nitrogen and oxygen atoms in total. The Morgan fingerprint density at radius 3 is 1.34 bits per heavy atom. The van der Waals surface area contributed by atoms with Crippen molar-refractivity contribution in [1.29, 1.82) is 0 Å². The molecule has 0 saturated heterocycles. The Morgan fingerprint density at radius 2 is 0.911 bits per heavy atom. The molecule has 3 atom stereocenters. The van der Waals surface area contributed by atoms with Gasteiger partial charge in [0.15, 0.2) is 0 Å². The van der Waals surface area contributed by atoms with Crippen LogP contribution in [0.3, 0.4) is 0 Å². The minimum atomic E-state index is -4.52. The number of aliphatic hydroxyl groups is 2. The summed E-state index contributed by atoms with van der Waals surface area (Å²) < 4.78 is 33.4. The molecule has 332 valence electrons. The molecule has 56 heavy (non-hydrogen) atoms. The quantitative estimate of drug-likeness (QED) is 0.0238. The Balaban J connectivity index is 4.12. The molecule has 0 bridgehead atoms. The smallest absolute Gasteiger partial charge is 0.457 e. The van der Waals surface area contributed by atoms with Crippen molar-refractivity contribution in [2.75, 3.05) is 33.0 Å². The van der Waals surface area contributed by atoms with E-state index in [2.05, 4.69) is 38.2 Å². The first kappa shape index (κ1) is 54.9. The summed E-state index contributed by atoms with van der Waals surface area (Å²) in [6, 6.07) is 0. The second-order valence-electron chi connectivity index (χ2n) is 15.8. The molecule has 10 heteroatoms. The van der Waals surface area contributed by atoms with Crippen molar-refractivity contribution < 1.29 is 43.0 Å². The van der Waals surface area contributed by atoms with Crippen molar-refractivity contribution in [1.82, 2.24) is 0 Å². The van der Waals surface area contributed by atoms with Gasteiger partial charge in [-0.3, -0.25) is 13.8 Å². The van der Waals surface area contributed by atoms with Crippen molar-refractivity contribution in [3.63, 3.8) is 0 Å². The standard InChI is InChI=1S/C46H89O9P/c1-3-5-7-9-11-13-15-17-19-21-22-23-24-26-28-30-32-34-36-38-46(49)55-45(43-54-56(50,51)53-41-44(48)40-47)42-52-39-37-35-33-31-29-27-25-20-18-16-14-12-10-8-6-4-2/h17-20,44-45,47-48H,3-16,21-43H2,1-2H3,(H,50,51)/b19-17-,20-18-. The van der Waals surface area contributed by atoms with Crippen LogP contribution in [0.15, 0.2) is 24.3 Å². The second kappa shape index (κ2) is 43.5. The maximum atomic E-state index is 12.6. The van der Waals surface area contributed by atoms with Crippen LogP contribution in [-0.2, 0) is 27.9 Å². The van der Waals surface area contributed by atoms with E-state index in [0.717, 1.165) is 44.9 Å². The van der Waals surface area contributed by atoms with Crippen LogP contribution in [-0.4, -0.2) is 66.3 Å². The van der Waals surface area contributed by atoms with Crippen LogP contribution in [0.25, 0.3) is 0 Å². The molecule has 0 aromatic rings. The highest BCUT2D eigenvalue weighted by Crippen LogP contribution is 2.43. The SMILES string of the molecule is CCCCCCCC/C=C\CCCCCCCCCCCC(=O)OC(COCCCCCCCC/C=C\CCCCCCCC)COP(=O)(O)OCC(O)CO. The van der Waals surface area contributed by atoms with Gasteiger partial charge in [-0.1, -0.05) is 173 Å². The number of phosphoric acid groups is 1. The van der Waals surface area contributed by atoms with Gasteiger partial charge in [-0.25, -0.2) is 4.57 Å². The van der Waals surface area contributed by atoms with E-state index in [1.54, 1.807) is 0 Å². The third-order valence-corrected chi connectivity index (χ3v) is 11.1. The van der Waals surface area contributed by atoms with Gasteiger partial charge in [-0.15, -0.1) is 0 Å². The zero-order valence-corrected chi connectivity index (χ0v) is 37.3. The zero-order valence-electron chi connectivity index (χ0n) is 36.4. The fraction of sp³-hybridized carbons (Fsp3) is 0.891. The molecule has 0 saturated carbocycles. The predicted molar refractivity (Wildman–Crippen MR) is 233 cm³/mol. The number of aliphatic hydroxyl groups excluding tert-OH is 2. The van der Waals surface area contributed by atoms with Crippen molar-refractivity contribution in [2.45, 2.75) is 232 Å². The molecule has 0 aliphatic carbocycles. The van der Waals surface area contributed by atoms with Crippen molar-refractivity contribution >= 4 is 13.8 Å². The van der Waals surface area contributed by atoms with Crippen LogP contribution in [0.5, 0.6) is 0 Å². The summed E-state index contributed by atoms with van der Waals surface area (Å²) in [4.78, 5) is 22.6. The summed E-state index contributed by atoms with van der Waals surface area (Å²) in [5.41, 5.74) is 0. The number of esters is 1. The average Bonchev–Trinajstić information content (AvgIpc) is 3.19. The van der Waals surface area contributed by atoms with Crippen LogP contribution in [0.4, 0.5) is 0 Å². The Labute approximate surface area is 344 Å². The van der Waals surface area contributed by atoms with Crippen LogP contribution in [0.2, 0.25) is 0 Å². The van der Waals surface area contributed by atoms with E-state index in [4.69, 9.17) is 23.6 Å². The minimum Gasteiger partial charge on any atom is -0.457 e. The number of ether oxygens (including phenoxy) is 2. The van der Waals surface area contributed by atoms with Gasteiger partial charge in [0.2, 0.25) is 0 Å². The summed E-state index contributed by atoms with van der Waals surface area (Å²) in [7, 11) is -4.52. The lowest BCUT2D eigenvalue weighted by Crippen LogP contribution is -2.29. The number of hydrogen-bond donors (Lipinski definition) is 3. The third kappa shape index (κ3) is 42.5. The summed E-state index contributed by atoms with van der Waals surface area (Å²) in [5, 5.41) is 18.4. The minimum absolute atomic E-state index is 0.0472. The zero-order chi connectivity index (χ0) is 41.1. The Kier molecular flexibility index (Phi) is 42.7. The Hall–Kier alpha value is -1.06. The van der Waals surface area contributed by atoms with E-state index >= 15 is 0 Å². The molecule has 0 rings (SSSR count). The molecule has 0 spiro atoms. The number of hydrogen-bond acceptors (Lipinski definition) is 8. The molecular formula is C46H89O9P. The molecule has 3 N–H and O–H groups in total. The van der Waals surface area contributed by atoms with Gasteiger partial charge in [0.05, 0.1) is 26.4 Å². The number of carbonyl (C=O) groups is 1. The molecule has 0 radical (unpaired) electrons. The van der Waals surface area contributed by atoms with E-state index in [-0.39, 0.29) is 25.6 Å². The van der Waals surface area contributed by atoms with E-state index in [0.29, 0.717) is 6.61 Å². The van der Waals surface area contributed by atoms with E-state index in [1.807, 2.05) is 0 Å². The van der Waals surface area contributed by atoms with Gasteiger partial charge in [0, 0.05) is 13.0 Å². The normalized spacial score (nSPS) is 14.2. The Bertz CT molecular complexity index is 928. The van der Waals surface area contributed by atoms with Crippen molar-refractivity contribution in [3.05, 3.63) is 24.3 Å². The molecule has 0 heterocycles. The molecular weight excluding hydrogens is 727 g/mol. The lowest BCUT2D eigenvalue weighted by molar-refractivity contribution is -0.154. The predicted octanol–water partition coefficient (Wildman–Crippen LogP) is 13.0. The average molecular weight is 817 g/mol. The van der Waals surface area contributed by atoms with Crippen LogP contribution in [0.1, 0.15) is 219 Å². The highest BCUT2D eigenvalue weighted by Gasteiger charge is 2.26. The van der Waals surface area contributed by atoms with E-state index < -0.39 is 33.2 Å². The molecule has 0 fully saturated rings. The van der Waals surface area contributed by atoms with Gasteiger partial charge in [0.1, 0.15) is 12.2 Å². The summed E-state index contributed by atoms with van der Waals surface area (Å²) >= 11 is 0. The monoisotopic (exact) mass is 817 g/mol. The number of phosphoric ester groups is 1. The topological polar surface area (TPSA) is 132 Å². The lowest BCUT2D eigenvalue weighted by Gasteiger charge is -2.20. The van der Waals surface area contributed by atoms with Crippen molar-refractivity contribution in [3.8, 4) is 0 Å².